The van der Waals surface area contributed by atoms with Gasteiger partial charge in [0.25, 0.3) is 0 Å². The van der Waals surface area contributed by atoms with Crippen molar-refractivity contribution in [3.8, 4) is 0 Å². The van der Waals surface area contributed by atoms with E-state index in [9.17, 15) is 0 Å². The number of nitrogens with zero attached hydrogens (tertiary/aromatic N) is 1. The van der Waals surface area contributed by atoms with Gasteiger partial charge in [-0.2, -0.15) is 0 Å². The Balaban J connectivity index is 1.72. The summed E-state index contributed by atoms with van der Waals surface area (Å²) in [6.07, 6.45) is 3.91. The summed E-state index contributed by atoms with van der Waals surface area (Å²) < 4.78 is 0. The maximum Gasteiger partial charge on any atom is 0.0366 e. The number of aryl methyl sites for hydroxylation is 2. The molecule has 1 aromatic rings. The summed E-state index contributed by atoms with van der Waals surface area (Å²) in [6, 6.07) is 7.01. The molecule has 0 spiro atoms. The molecule has 1 heterocycles. The van der Waals surface area contributed by atoms with Gasteiger partial charge in [-0.1, -0.05) is 6.07 Å². The minimum Gasteiger partial charge on any atom is -0.374 e. The number of rotatable bonds is 3. The van der Waals surface area contributed by atoms with Crippen molar-refractivity contribution in [2.24, 2.45) is 5.92 Å². The van der Waals surface area contributed by atoms with Crippen molar-refractivity contribution < 1.29 is 0 Å². The quantitative estimate of drug-likeness (QED) is 0.829. The molecule has 1 aliphatic carbocycles. The highest BCUT2D eigenvalue weighted by Crippen LogP contribution is 2.26. The zero-order valence-electron chi connectivity index (χ0n) is 10.00. The largest absolute Gasteiger partial charge is 0.374 e. The summed E-state index contributed by atoms with van der Waals surface area (Å²) >= 11 is 0. The summed E-state index contributed by atoms with van der Waals surface area (Å²) in [5, 5.41) is 3.33. The van der Waals surface area contributed by atoms with Gasteiger partial charge in [0, 0.05) is 38.3 Å². The molecular formula is C14H20N2. The molecule has 0 unspecified atom stereocenters. The summed E-state index contributed by atoms with van der Waals surface area (Å²) in [5.41, 5.74) is 4.55. The molecule has 1 saturated heterocycles. The molecule has 0 bridgehead atoms. The first-order valence-electron chi connectivity index (χ1n) is 6.36. The summed E-state index contributed by atoms with van der Waals surface area (Å²) in [5.74, 6) is 0.846. The monoisotopic (exact) mass is 216 g/mol. The van der Waals surface area contributed by atoms with E-state index in [1.54, 1.807) is 11.1 Å². The average Bonchev–Trinajstić information content (AvgIpc) is 2.69. The average molecular weight is 216 g/mol. The number of hydrogen-bond donors (Lipinski definition) is 1. The van der Waals surface area contributed by atoms with E-state index < -0.39 is 0 Å². The molecule has 1 aliphatic heterocycles. The molecule has 3 rings (SSSR count). The van der Waals surface area contributed by atoms with Gasteiger partial charge in [-0.05, 0) is 42.5 Å². The fourth-order valence-electron chi connectivity index (χ4n) is 2.77. The summed E-state index contributed by atoms with van der Waals surface area (Å²) in [4.78, 5) is 2.41. The van der Waals surface area contributed by atoms with Crippen molar-refractivity contribution in [1.82, 2.24) is 5.32 Å². The highest BCUT2D eigenvalue weighted by atomic mass is 15.1. The van der Waals surface area contributed by atoms with Crippen LogP contribution in [0.2, 0.25) is 0 Å². The predicted molar refractivity (Wildman–Crippen MR) is 68.1 cm³/mol. The van der Waals surface area contributed by atoms with E-state index >= 15 is 0 Å². The highest BCUT2D eigenvalue weighted by molar-refractivity contribution is 5.51. The van der Waals surface area contributed by atoms with Gasteiger partial charge in [0.05, 0.1) is 0 Å². The zero-order valence-corrected chi connectivity index (χ0v) is 10.00. The minimum absolute atomic E-state index is 0.846. The second kappa shape index (κ2) is 4.10. The lowest BCUT2D eigenvalue weighted by molar-refractivity contribution is 0.353. The zero-order chi connectivity index (χ0) is 11.0. The first-order chi connectivity index (χ1) is 7.83. The Labute approximate surface area is 97.6 Å². The lowest BCUT2D eigenvalue weighted by atomic mass is 10.0. The van der Waals surface area contributed by atoms with Crippen molar-refractivity contribution >= 4 is 5.69 Å². The molecule has 1 aromatic carbocycles. The van der Waals surface area contributed by atoms with Crippen LogP contribution < -0.4 is 10.2 Å². The van der Waals surface area contributed by atoms with Gasteiger partial charge in [-0.3, -0.25) is 0 Å². The maximum atomic E-state index is 3.33. The molecule has 2 nitrogen and oxygen atoms in total. The standard InChI is InChI=1S/C14H20N2/c1-16(10-11-8-15-9-11)14-6-5-12-3-2-4-13(12)7-14/h5-7,11,15H,2-4,8-10H2,1H3. The molecule has 0 saturated carbocycles. The van der Waals surface area contributed by atoms with Gasteiger partial charge in [-0.25, -0.2) is 0 Å². The molecule has 2 aliphatic rings. The van der Waals surface area contributed by atoms with Crippen LogP contribution in [0.25, 0.3) is 0 Å². The Hall–Kier alpha value is -1.02. The molecule has 2 heteroatoms. The minimum atomic E-state index is 0.846. The maximum absolute atomic E-state index is 3.33. The van der Waals surface area contributed by atoms with E-state index in [4.69, 9.17) is 0 Å². The van der Waals surface area contributed by atoms with Gasteiger partial charge >= 0.3 is 0 Å². The summed E-state index contributed by atoms with van der Waals surface area (Å²) in [7, 11) is 2.22. The molecule has 0 aromatic heterocycles. The fourth-order valence-corrected chi connectivity index (χ4v) is 2.77. The van der Waals surface area contributed by atoms with Crippen LogP contribution in [0.1, 0.15) is 17.5 Å². The molecule has 86 valence electrons. The Morgan fingerprint density at radius 2 is 2.06 bits per heavy atom. The van der Waals surface area contributed by atoms with E-state index in [1.165, 1.54) is 44.6 Å². The SMILES string of the molecule is CN(CC1CNC1)c1ccc2c(c1)CCC2. The topological polar surface area (TPSA) is 15.3 Å². The Morgan fingerprint density at radius 1 is 1.25 bits per heavy atom. The molecule has 0 atom stereocenters. The van der Waals surface area contributed by atoms with Gasteiger partial charge < -0.3 is 10.2 Å². The number of anilines is 1. The van der Waals surface area contributed by atoms with E-state index in [1.807, 2.05) is 0 Å². The highest BCUT2D eigenvalue weighted by Gasteiger charge is 2.19. The van der Waals surface area contributed by atoms with Crippen molar-refractivity contribution in [1.29, 1.82) is 0 Å². The van der Waals surface area contributed by atoms with Crippen LogP contribution in [0.4, 0.5) is 5.69 Å². The summed E-state index contributed by atoms with van der Waals surface area (Å²) in [6.45, 7) is 3.57. The van der Waals surface area contributed by atoms with Crippen LogP contribution in [0, 0.1) is 5.92 Å². The van der Waals surface area contributed by atoms with Crippen LogP contribution in [0.15, 0.2) is 18.2 Å². The van der Waals surface area contributed by atoms with Gasteiger partial charge in [0.2, 0.25) is 0 Å². The first-order valence-corrected chi connectivity index (χ1v) is 6.36. The van der Waals surface area contributed by atoms with Crippen LogP contribution in [-0.4, -0.2) is 26.7 Å². The molecule has 16 heavy (non-hydrogen) atoms. The van der Waals surface area contributed by atoms with E-state index in [-0.39, 0.29) is 0 Å². The van der Waals surface area contributed by atoms with Crippen LogP contribution >= 0.6 is 0 Å². The van der Waals surface area contributed by atoms with Gasteiger partial charge in [0.1, 0.15) is 0 Å². The smallest absolute Gasteiger partial charge is 0.0366 e. The number of fused-ring (bicyclic) bond motifs is 1. The van der Waals surface area contributed by atoms with Crippen molar-refractivity contribution in [3.63, 3.8) is 0 Å². The second-order valence-corrected chi connectivity index (χ2v) is 5.21. The third-order valence-corrected chi connectivity index (χ3v) is 3.92. The molecule has 1 N–H and O–H groups in total. The van der Waals surface area contributed by atoms with Crippen LogP contribution in [0.3, 0.4) is 0 Å². The lowest BCUT2D eigenvalue weighted by Gasteiger charge is -2.32. The van der Waals surface area contributed by atoms with Crippen molar-refractivity contribution in [3.05, 3.63) is 29.3 Å². The normalized spacial score (nSPS) is 19.3. The van der Waals surface area contributed by atoms with E-state index in [2.05, 4.69) is 35.5 Å². The number of hydrogen-bond acceptors (Lipinski definition) is 2. The van der Waals surface area contributed by atoms with Gasteiger partial charge in [-0.15, -0.1) is 0 Å². The van der Waals surface area contributed by atoms with Gasteiger partial charge in [0.15, 0.2) is 0 Å². The Morgan fingerprint density at radius 3 is 2.81 bits per heavy atom. The fraction of sp³-hybridized carbons (Fsp3) is 0.571. The van der Waals surface area contributed by atoms with Crippen LogP contribution in [0.5, 0.6) is 0 Å². The molecule has 0 amide bonds. The first kappa shape index (κ1) is 10.2. The molecular weight excluding hydrogens is 196 g/mol. The van der Waals surface area contributed by atoms with E-state index in [0.29, 0.717) is 0 Å². The molecule has 0 radical (unpaired) electrons. The van der Waals surface area contributed by atoms with Crippen LogP contribution in [-0.2, 0) is 12.8 Å². The van der Waals surface area contributed by atoms with Crippen molar-refractivity contribution in [2.75, 3.05) is 31.6 Å². The Kier molecular flexibility index (Phi) is 2.60. The molecule has 1 fully saturated rings. The lowest BCUT2D eigenvalue weighted by Crippen LogP contribution is -2.47. The number of nitrogens with one attached hydrogen (secondary N) is 1. The third kappa shape index (κ3) is 1.82. The third-order valence-electron chi connectivity index (χ3n) is 3.92. The predicted octanol–water partition coefficient (Wildman–Crippen LogP) is 1.83. The van der Waals surface area contributed by atoms with E-state index in [0.717, 1.165) is 5.92 Å². The Bertz CT molecular complexity index is 382. The second-order valence-electron chi connectivity index (χ2n) is 5.21. The number of benzene rings is 1. The van der Waals surface area contributed by atoms with Crippen molar-refractivity contribution in [2.45, 2.75) is 19.3 Å².